The molecule has 2 heterocycles. The predicted molar refractivity (Wildman–Crippen MR) is 101 cm³/mol. The van der Waals surface area contributed by atoms with E-state index in [2.05, 4.69) is 10.3 Å². The third kappa shape index (κ3) is 3.92. The Balaban J connectivity index is 0.000000292. The van der Waals surface area contributed by atoms with E-state index in [-0.39, 0.29) is 5.92 Å². The average molecular weight is 370 g/mol. The summed E-state index contributed by atoms with van der Waals surface area (Å²) in [5.41, 5.74) is 1.72. The normalized spacial score (nSPS) is 14.4. The van der Waals surface area contributed by atoms with Crippen molar-refractivity contribution in [3.63, 3.8) is 0 Å². The van der Waals surface area contributed by atoms with Crippen molar-refractivity contribution in [3.05, 3.63) is 28.9 Å². The van der Waals surface area contributed by atoms with Crippen LogP contribution in [0.5, 0.6) is 0 Å². The summed E-state index contributed by atoms with van der Waals surface area (Å²) in [4.78, 5) is 4.44. The van der Waals surface area contributed by atoms with E-state index in [9.17, 15) is 8.42 Å². The molecule has 0 atom stereocenters. The van der Waals surface area contributed by atoms with Crippen LogP contribution in [0.4, 0.5) is 0 Å². The van der Waals surface area contributed by atoms with Gasteiger partial charge < -0.3 is 9.88 Å². The minimum atomic E-state index is -3.28. The number of sulfone groups is 1. The Morgan fingerprint density at radius 3 is 2.42 bits per heavy atom. The standard InChI is InChI=1S/C13H16ClNO2S.C4H8N2/c1-8(2)12-13(18(4,16)17)10-7-9(14)5-6-11(10)15(12)3;1-4-5-2-3-6-4/h5-8H,1-4H3;2-3H2,1H3,(H,5,6). The monoisotopic (exact) mass is 369 g/mol. The van der Waals surface area contributed by atoms with E-state index in [0.29, 0.717) is 15.3 Å². The van der Waals surface area contributed by atoms with Crippen LogP contribution in [0.25, 0.3) is 10.9 Å². The Morgan fingerprint density at radius 1 is 1.33 bits per heavy atom. The van der Waals surface area contributed by atoms with E-state index >= 15 is 0 Å². The molecule has 0 fully saturated rings. The first-order valence-corrected chi connectivity index (χ1v) is 10.1. The summed E-state index contributed by atoms with van der Waals surface area (Å²) >= 11 is 5.98. The fourth-order valence-electron chi connectivity index (χ4n) is 2.96. The largest absolute Gasteiger partial charge is 0.372 e. The third-order valence-electron chi connectivity index (χ3n) is 3.92. The zero-order valence-corrected chi connectivity index (χ0v) is 16.3. The number of aryl methyl sites for hydroxylation is 1. The van der Waals surface area contributed by atoms with Crippen molar-refractivity contribution < 1.29 is 8.42 Å². The summed E-state index contributed by atoms with van der Waals surface area (Å²) < 4.78 is 26.0. The van der Waals surface area contributed by atoms with Crippen molar-refractivity contribution in [2.24, 2.45) is 12.0 Å². The summed E-state index contributed by atoms with van der Waals surface area (Å²) in [5, 5.41) is 4.32. The molecular formula is C17H24ClN3O2S. The summed E-state index contributed by atoms with van der Waals surface area (Å²) in [6.07, 6.45) is 1.24. The first-order chi connectivity index (χ1) is 11.1. The van der Waals surface area contributed by atoms with Crippen molar-refractivity contribution >= 4 is 38.2 Å². The maximum absolute atomic E-state index is 12.0. The van der Waals surface area contributed by atoms with Gasteiger partial charge in [0.25, 0.3) is 0 Å². The van der Waals surface area contributed by atoms with Gasteiger partial charge in [-0.1, -0.05) is 25.4 Å². The molecular weight excluding hydrogens is 346 g/mol. The molecule has 0 unspecified atom stereocenters. The number of nitrogens with one attached hydrogen (secondary N) is 1. The summed E-state index contributed by atoms with van der Waals surface area (Å²) in [6.45, 7) is 7.96. The maximum atomic E-state index is 12.0. The zero-order valence-electron chi connectivity index (χ0n) is 14.7. The molecule has 1 aliphatic rings. The number of benzene rings is 1. The Bertz CT molecular complexity index is 883. The number of fused-ring (bicyclic) bond motifs is 1. The van der Waals surface area contributed by atoms with Crippen LogP contribution < -0.4 is 5.32 Å². The van der Waals surface area contributed by atoms with E-state index in [0.717, 1.165) is 30.1 Å². The quantitative estimate of drug-likeness (QED) is 0.882. The minimum absolute atomic E-state index is 0.130. The summed E-state index contributed by atoms with van der Waals surface area (Å²) in [5.74, 6) is 1.21. The van der Waals surface area contributed by atoms with Crippen LogP contribution in [0.2, 0.25) is 5.02 Å². The Morgan fingerprint density at radius 2 is 2.00 bits per heavy atom. The minimum Gasteiger partial charge on any atom is -0.372 e. The van der Waals surface area contributed by atoms with E-state index in [1.165, 1.54) is 6.26 Å². The summed E-state index contributed by atoms with van der Waals surface area (Å²) in [7, 11) is -1.39. The highest BCUT2D eigenvalue weighted by molar-refractivity contribution is 7.91. The van der Waals surface area contributed by atoms with E-state index in [1.807, 2.05) is 38.5 Å². The van der Waals surface area contributed by atoms with Crippen molar-refractivity contribution in [1.29, 1.82) is 0 Å². The molecule has 132 valence electrons. The molecule has 1 aromatic heterocycles. The van der Waals surface area contributed by atoms with Crippen LogP contribution in [-0.4, -0.2) is 38.2 Å². The number of rotatable bonds is 2. The number of hydrogen-bond acceptors (Lipinski definition) is 4. The highest BCUT2D eigenvalue weighted by atomic mass is 35.5. The number of amidine groups is 1. The SMILES string of the molecule is CC(C)c1c(S(C)(=O)=O)c2cc(Cl)ccc2n1C.CC1=NCCN1. The first-order valence-electron chi connectivity index (χ1n) is 7.85. The summed E-state index contributed by atoms with van der Waals surface area (Å²) in [6, 6.07) is 5.36. The van der Waals surface area contributed by atoms with E-state index in [1.54, 1.807) is 12.1 Å². The lowest BCUT2D eigenvalue weighted by Gasteiger charge is -2.10. The number of nitrogens with zero attached hydrogens (tertiary/aromatic N) is 2. The Hall–Kier alpha value is -1.53. The maximum Gasteiger partial charge on any atom is 0.177 e. The second-order valence-electron chi connectivity index (χ2n) is 6.26. The van der Waals surface area contributed by atoms with Crippen molar-refractivity contribution in [1.82, 2.24) is 9.88 Å². The lowest BCUT2D eigenvalue weighted by Crippen LogP contribution is -2.13. The lowest BCUT2D eigenvalue weighted by atomic mass is 10.1. The molecule has 0 bridgehead atoms. The highest BCUT2D eigenvalue weighted by Gasteiger charge is 2.24. The molecule has 3 rings (SSSR count). The molecule has 1 aliphatic heterocycles. The lowest BCUT2D eigenvalue weighted by molar-refractivity contribution is 0.598. The van der Waals surface area contributed by atoms with Gasteiger partial charge in [-0.3, -0.25) is 4.99 Å². The van der Waals surface area contributed by atoms with E-state index in [4.69, 9.17) is 11.6 Å². The van der Waals surface area contributed by atoms with Gasteiger partial charge in [0.2, 0.25) is 0 Å². The van der Waals surface area contributed by atoms with Gasteiger partial charge in [0.05, 0.1) is 17.3 Å². The second kappa shape index (κ2) is 7.15. The molecule has 0 radical (unpaired) electrons. The molecule has 5 nitrogen and oxygen atoms in total. The fraction of sp³-hybridized carbons (Fsp3) is 0.471. The molecule has 1 N–H and O–H groups in total. The number of halogens is 1. The van der Waals surface area contributed by atoms with Crippen LogP contribution in [0.3, 0.4) is 0 Å². The fourth-order valence-corrected chi connectivity index (χ4v) is 4.45. The van der Waals surface area contributed by atoms with Crippen LogP contribution in [0.1, 0.15) is 32.4 Å². The number of aromatic nitrogens is 1. The van der Waals surface area contributed by atoms with Crippen molar-refractivity contribution in [2.75, 3.05) is 19.3 Å². The van der Waals surface area contributed by atoms with Gasteiger partial charge in [-0.05, 0) is 31.0 Å². The van der Waals surface area contributed by atoms with Gasteiger partial charge in [-0.15, -0.1) is 0 Å². The topological polar surface area (TPSA) is 63.5 Å². The molecule has 7 heteroatoms. The van der Waals surface area contributed by atoms with Crippen molar-refractivity contribution in [2.45, 2.75) is 31.6 Å². The van der Waals surface area contributed by atoms with Crippen LogP contribution in [0, 0.1) is 0 Å². The molecule has 1 aromatic carbocycles. The second-order valence-corrected chi connectivity index (χ2v) is 8.64. The average Bonchev–Trinajstić information content (AvgIpc) is 3.04. The van der Waals surface area contributed by atoms with Gasteiger partial charge in [0.1, 0.15) is 0 Å². The van der Waals surface area contributed by atoms with Crippen LogP contribution in [0.15, 0.2) is 28.1 Å². The van der Waals surface area contributed by atoms with Gasteiger partial charge in [-0.2, -0.15) is 0 Å². The number of hydrogen-bond donors (Lipinski definition) is 1. The van der Waals surface area contributed by atoms with Crippen LogP contribution >= 0.6 is 11.6 Å². The van der Waals surface area contributed by atoms with Crippen molar-refractivity contribution in [3.8, 4) is 0 Å². The third-order valence-corrected chi connectivity index (χ3v) is 5.32. The van der Waals surface area contributed by atoms with Gasteiger partial charge in [0.15, 0.2) is 9.84 Å². The van der Waals surface area contributed by atoms with Gasteiger partial charge in [0, 0.05) is 41.5 Å². The number of aliphatic imine (C=N–C) groups is 1. The predicted octanol–water partition coefficient (Wildman–Crippen LogP) is 3.37. The first kappa shape index (κ1) is 18.8. The molecule has 0 aliphatic carbocycles. The molecule has 0 saturated heterocycles. The molecule has 0 spiro atoms. The smallest absolute Gasteiger partial charge is 0.177 e. The van der Waals surface area contributed by atoms with E-state index < -0.39 is 9.84 Å². The molecule has 0 saturated carbocycles. The molecule has 24 heavy (non-hydrogen) atoms. The Kier molecular flexibility index (Phi) is 5.60. The molecule has 0 amide bonds. The van der Waals surface area contributed by atoms with Gasteiger partial charge in [-0.25, -0.2) is 8.42 Å². The molecule has 2 aromatic rings. The zero-order chi connectivity index (χ0) is 18.1. The van der Waals surface area contributed by atoms with Crippen LogP contribution in [-0.2, 0) is 16.9 Å². The highest BCUT2D eigenvalue weighted by Crippen LogP contribution is 2.35. The van der Waals surface area contributed by atoms with Gasteiger partial charge >= 0.3 is 0 Å². The Labute approximate surface area is 148 Å².